The van der Waals surface area contributed by atoms with Gasteiger partial charge in [-0.1, -0.05) is 32.0 Å². The van der Waals surface area contributed by atoms with E-state index in [9.17, 15) is 4.79 Å². The van der Waals surface area contributed by atoms with E-state index in [0.717, 1.165) is 25.9 Å². The average molecular weight is 246 g/mol. The van der Waals surface area contributed by atoms with Gasteiger partial charge < -0.3 is 9.80 Å². The van der Waals surface area contributed by atoms with Gasteiger partial charge in [0, 0.05) is 25.8 Å². The highest BCUT2D eigenvalue weighted by Gasteiger charge is 2.23. The van der Waals surface area contributed by atoms with Gasteiger partial charge in [0.15, 0.2) is 0 Å². The number of amides is 1. The molecule has 0 radical (unpaired) electrons. The molecule has 0 unspecified atom stereocenters. The van der Waals surface area contributed by atoms with Gasteiger partial charge >= 0.3 is 0 Å². The molecule has 1 aliphatic heterocycles. The van der Waals surface area contributed by atoms with Crippen molar-refractivity contribution in [3.8, 4) is 0 Å². The van der Waals surface area contributed by atoms with Crippen molar-refractivity contribution >= 4 is 11.6 Å². The number of para-hydroxylation sites is 1. The summed E-state index contributed by atoms with van der Waals surface area (Å²) in [6.07, 6.45) is 2.04. The van der Waals surface area contributed by atoms with Crippen LogP contribution in [0.5, 0.6) is 0 Å². The minimum Gasteiger partial charge on any atom is -0.360 e. The zero-order valence-electron chi connectivity index (χ0n) is 11.6. The Morgan fingerprint density at radius 2 is 1.72 bits per heavy atom. The largest absolute Gasteiger partial charge is 0.360 e. The summed E-state index contributed by atoms with van der Waals surface area (Å²) in [7, 11) is 1.88. The van der Waals surface area contributed by atoms with E-state index in [0.29, 0.717) is 6.54 Å². The van der Waals surface area contributed by atoms with Crippen molar-refractivity contribution in [3.63, 3.8) is 0 Å². The van der Waals surface area contributed by atoms with Crippen molar-refractivity contribution in [3.05, 3.63) is 29.3 Å². The van der Waals surface area contributed by atoms with Crippen LogP contribution in [0.4, 0.5) is 5.69 Å². The first-order chi connectivity index (χ1) is 8.67. The molecule has 1 saturated heterocycles. The van der Waals surface area contributed by atoms with Crippen molar-refractivity contribution < 1.29 is 4.79 Å². The van der Waals surface area contributed by atoms with Crippen LogP contribution in [-0.2, 0) is 17.6 Å². The number of carbonyl (C=O) groups excluding carboxylic acids is 1. The molecule has 0 saturated carbocycles. The average Bonchev–Trinajstić information content (AvgIpc) is 2.41. The summed E-state index contributed by atoms with van der Waals surface area (Å²) in [5.74, 6) is 0.217. The van der Waals surface area contributed by atoms with Crippen LogP contribution in [0.25, 0.3) is 0 Å². The van der Waals surface area contributed by atoms with Crippen LogP contribution in [0.15, 0.2) is 18.2 Å². The molecule has 0 spiro atoms. The third-order valence-corrected chi connectivity index (χ3v) is 3.74. The van der Waals surface area contributed by atoms with E-state index in [1.807, 2.05) is 11.9 Å². The second-order valence-corrected chi connectivity index (χ2v) is 4.87. The highest BCUT2D eigenvalue weighted by Crippen LogP contribution is 2.27. The number of benzene rings is 1. The number of hydrogen-bond donors (Lipinski definition) is 0. The minimum atomic E-state index is 0.217. The first-order valence-electron chi connectivity index (χ1n) is 6.77. The third-order valence-electron chi connectivity index (χ3n) is 3.74. The molecule has 0 bridgehead atoms. The van der Waals surface area contributed by atoms with Crippen LogP contribution in [0, 0.1) is 0 Å². The molecule has 2 rings (SSSR count). The van der Waals surface area contributed by atoms with Gasteiger partial charge in [-0.15, -0.1) is 0 Å². The van der Waals surface area contributed by atoms with Gasteiger partial charge in [0.2, 0.25) is 5.91 Å². The smallest absolute Gasteiger partial charge is 0.241 e. The lowest BCUT2D eigenvalue weighted by atomic mass is 10.0. The van der Waals surface area contributed by atoms with E-state index < -0.39 is 0 Å². The number of aryl methyl sites for hydroxylation is 2. The Bertz CT molecular complexity index is 420. The molecule has 1 heterocycles. The summed E-state index contributed by atoms with van der Waals surface area (Å²) in [6, 6.07) is 6.48. The summed E-state index contributed by atoms with van der Waals surface area (Å²) in [5, 5.41) is 0. The van der Waals surface area contributed by atoms with Crippen molar-refractivity contribution in [1.82, 2.24) is 4.90 Å². The summed E-state index contributed by atoms with van der Waals surface area (Å²) >= 11 is 0. The van der Waals surface area contributed by atoms with Crippen molar-refractivity contribution in [1.29, 1.82) is 0 Å². The van der Waals surface area contributed by atoms with Crippen molar-refractivity contribution in [2.45, 2.75) is 26.7 Å². The number of nitrogens with zero attached hydrogens (tertiary/aromatic N) is 2. The minimum absolute atomic E-state index is 0.217. The molecule has 0 N–H and O–H groups in total. The quantitative estimate of drug-likeness (QED) is 0.815. The zero-order chi connectivity index (χ0) is 13.1. The molecule has 1 amide bonds. The third kappa shape index (κ3) is 2.35. The van der Waals surface area contributed by atoms with Gasteiger partial charge in [0.1, 0.15) is 0 Å². The van der Waals surface area contributed by atoms with E-state index >= 15 is 0 Å². The number of rotatable bonds is 3. The Hall–Kier alpha value is -1.51. The fourth-order valence-electron chi connectivity index (χ4n) is 2.57. The van der Waals surface area contributed by atoms with Crippen molar-refractivity contribution in [2.75, 3.05) is 31.6 Å². The van der Waals surface area contributed by atoms with Gasteiger partial charge in [-0.3, -0.25) is 4.79 Å². The maximum Gasteiger partial charge on any atom is 0.241 e. The molecule has 18 heavy (non-hydrogen) atoms. The number of anilines is 1. The van der Waals surface area contributed by atoms with Gasteiger partial charge in [0.25, 0.3) is 0 Å². The number of hydrogen-bond acceptors (Lipinski definition) is 2. The summed E-state index contributed by atoms with van der Waals surface area (Å²) in [6.45, 7) is 6.62. The van der Waals surface area contributed by atoms with Crippen LogP contribution < -0.4 is 4.90 Å². The maximum atomic E-state index is 11.9. The van der Waals surface area contributed by atoms with Crippen LogP contribution in [0.2, 0.25) is 0 Å². The molecule has 0 atom stereocenters. The molecular formula is C15H22N2O. The second kappa shape index (κ2) is 5.42. The van der Waals surface area contributed by atoms with Gasteiger partial charge in [-0.2, -0.15) is 0 Å². The highest BCUT2D eigenvalue weighted by atomic mass is 16.2. The van der Waals surface area contributed by atoms with E-state index in [1.165, 1.54) is 16.8 Å². The molecule has 3 nitrogen and oxygen atoms in total. The van der Waals surface area contributed by atoms with Crippen LogP contribution in [0.1, 0.15) is 25.0 Å². The molecule has 3 heteroatoms. The molecule has 1 fully saturated rings. The van der Waals surface area contributed by atoms with Gasteiger partial charge in [0.05, 0.1) is 6.54 Å². The maximum absolute atomic E-state index is 11.9. The predicted molar refractivity (Wildman–Crippen MR) is 75.0 cm³/mol. The molecule has 98 valence electrons. The SMILES string of the molecule is CCc1cccc(CC)c1N1CCN(C)C(=O)C1. The van der Waals surface area contributed by atoms with Gasteiger partial charge in [-0.05, 0) is 24.0 Å². The lowest BCUT2D eigenvalue weighted by Crippen LogP contribution is -2.49. The topological polar surface area (TPSA) is 23.6 Å². The normalized spacial score (nSPS) is 16.3. The molecular weight excluding hydrogens is 224 g/mol. The van der Waals surface area contributed by atoms with E-state index in [1.54, 1.807) is 0 Å². The van der Waals surface area contributed by atoms with Crippen molar-refractivity contribution in [2.24, 2.45) is 0 Å². The highest BCUT2D eigenvalue weighted by molar-refractivity contribution is 5.83. The Morgan fingerprint density at radius 3 is 2.22 bits per heavy atom. The van der Waals surface area contributed by atoms with Crippen LogP contribution in [-0.4, -0.2) is 37.5 Å². The van der Waals surface area contributed by atoms with Gasteiger partial charge in [-0.25, -0.2) is 0 Å². The first kappa shape index (κ1) is 12.9. The molecule has 1 aromatic carbocycles. The summed E-state index contributed by atoms with van der Waals surface area (Å²) in [5.41, 5.74) is 4.00. The monoisotopic (exact) mass is 246 g/mol. The Labute approximate surface area is 109 Å². The molecule has 0 aromatic heterocycles. The van der Waals surface area contributed by atoms with Crippen LogP contribution >= 0.6 is 0 Å². The summed E-state index contributed by atoms with van der Waals surface area (Å²) < 4.78 is 0. The fourth-order valence-corrected chi connectivity index (χ4v) is 2.57. The Kier molecular flexibility index (Phi) is 3.90. The number of piperazine rings is 1. The molecule has 0 aliphatic carbocycles. The van der Waals surface area contributed by atoms with E-state index in [-0.39, 0.29) is 5.91 Å². The van der Waals surface area contributed by atoms with E-state index in [4.69, 9.17) is 0 Å². The molecule has 1 aliphatic rings. The fraction of sp³-hybridized carbons (Fsp3) is 0.533. The standard InChI is InChI=1S/C15H22N2O/c1-4-12-7-6-8-13(5-2)15(12)17-10-9-16(3)14(18)11-17/h6-8H,4-5,9-11H2,1-3H3. The number of carbonyl (C=O) groups is 1. The van der Waals surface area contributed by atoms with E-state index in [2.05, 4.69) is 36.9 Å². The lowest BCUT2D eigenvalue weighted by molar-refractivity contribution is -0.129. The lowest BCUT2D eigenvalue weighted by Gasteiger charge is -2.35. The summed E-state index contributed by atoms with van der Waals surface area (Å²) in [4.78, 5) is 15.9. The molecule has 1 aromatic rings. The first-order valence-corrected chi connectivity index (χ1v) is 6.77. The Morgan fingerprint density at radius 1 is 1.11 bits per heavy atom. The predicted octanol–water partition coefficient (Wildman–Crippen LogP) is 2.09. The zero-order valence-corrected chi connectivity index (χ0v) is 11.6. The number of likely N-dealkylation sites (N-methyl/N-ethyl adjacent to an activating group) is 1. The second-order valence-electron chi connectivity index (χ2n) is 4.87. The van der Waals surface area contributed by atoms with Crippen LogP contribution in [0.3, 0.4) is 0 Å². The Balaban J connectivity index is 2.34.